The first-order valence-electron chi connectivity index (χ1n) is 6.82. The van der Waals surface area contributed by atoms with Gasteiger partial charge in [-0.3, -0.25) is 0 Å². The van der Waals surface area contributed by atoms with Crippen LogP contribution in [0.25, 0.3) is 0 Å². The molecule has 3 nitrogen and oxygen atoms in total. The first-order chi connectivity index (χ1) is 8.72. The summed E-state index contributed by atoms with van der Waals surface area (Å²) in [7, 11) is 0. The molecule has 2 rings (SSSR count). The van der Waals surface area contributed by atoms with E-state index in [-0.39, 0.29) is 0 Å². The van der Waals surface area contributed by atoms with Crippen molar-refractivity contribution in [2.24, 2.45) is 0 Å². The molecule has 1 aromatic rings. The lowest BCUT2D eigenvalue weighted by molar-refractivity contribution is 0.0697. The molecule has 1 aromatic carbocycles. The summed E-state index contributed by atoms with van der Waals surface area (Å²) < 4.78 is 0. The zero-order valence-electron chi connectivity index (χ0n) is 10.9. The minimum atomic E-state index is -0.847. The van der Waals surface area contributed by atoms with Crippen molar-refractivity contribution in [3.8, 4) is 0 Å². The third-order valence-electron chi connectivity index (χ3n) is 3.77. The lowest BCUT2D eigenvalue weighted by Crippen LogP contribution is -2.34. The summed E-state index contributed by atoms with van der Waals surface area (Å²) in [5, 5.41) is 9.07. The van der Waals surface area contributed by atoms with E-state index in [1.54, 1.807) is 12.1 Å². The van der Waals surface area contributed by atoms with E-state index in [0.29, 0.717) is 11.6 Å². The summed E-state index contributed by atoms with van der Waals surface area (Å²) in [6.45, 7) is 3.26. The second-order valence-electron chi connectivity index (χ2n) is 4.96. The topological polar surface area (TPSA) is 40.5 Å². The molecular formula is C15H21NO2. The maximum atomic E-state index is 11.0. The first kappa shape index (κ1) is 12.9. The molecule has 0 aliphatic carbocycles. The van der Waals surface area contributed by atoms with Crippen molar-refractivity contribution in [1.82, 2.24) is 0 Å². The monoisotopic (exact) mass is 247 g/mol. The lowest BCUT2D eigenvalue weighted by Gasteiger charge is -2.31. The molecule has 0 aromatic heterocycles. The second-order valence-corrected chi connectivity index (χ2v) is 4.96. The van der Waals surface area contributed by atoms with Crippen molar-refractivity contribution in [3.05, 3.63) is 29.8 Å². The van der Waals surface area contributed by atoms with Gasteiger partial charge in [0.05, 0.1) is 5.56 Å². The van der Waals surface area contributed by atoms with Gasteiger partial charge in [-0.2, -0.15) is 0 Å². The fourth-order valence-corrected chi connectivity index (χ4v) is 2.76. The van der Waals surface area contributed by atoms with Crippen LogP contribution in [0.1, 0.15) is 49.4 Å². The summed E-state index contributed by atoms with van der Waals surface area (Å²) in [5.74, 6) is -0.847. The molecule has 0 radical (unpaired) electrons. The van der Waals surface area contributed by atoms with Crippen LogP contribution in [0.5, 0.6) is 0 Å². The van der Waals surface area contributed by atoms with Crippen molar-refractivity contribution < 1.29 is 9.90 Å². The Labute approximate surface area is 108 Å². The Balaban J connectivity index is 2.26. The average molecular weight is 247 g/mol. The molecule has 0 spiro atoms. The number of nitrogens with zero attached hydrogens (tertiary/aromatic N) is 1. The smallest absolute Gasteiger partial charge is 0.335 e. The molecule has 1 N–H and O–H groups in total. The van der Waals surface area contributed by atoms with Gasteiger partial charge < -0.3 is 10.0 Å². The van der Waals surface area contributed by atoms with Crippen LogP contribution in [0.2, 0.25) is 0 Å². The molecule has 1 aliphatic rings. The highest BCUT2D eigenvalue weighted by atomic mass is 16.4. The van der Waals surface area contributed by atoms with Crippen LogP contribution >= 0.6 is 0 Å². The number of carboxylic acids is 1. The average Bonchev–Trinajstić information content (AvgIpc) is 2.63. The Morgan fingerprint density at radius 2 is 2.22 bits per heavy atom. The summed E-state index contributed by atoms with van der Waals surface area (Å²) in [6.07, 6.45) is 6.11. The number of carbonyl (C=O) groups is 1. The number of carboxylic acid groups (broad SMARTS) is 1. The van der Waals surface area contributed by atoms with Gasteiger partial charge in [0.15, 0.2) is 0 Å². The van der Waals surface area contributed by atoms with Crippen LogP contribution in [0.4, 0.5) is 5.69 Å². The van der Waals surface area contributed by atoms with Crippen molar-refractivity contribution in [2.75, 3.05) is 11.4 Å². The van der Waals surface area contributed by atoms with Gasteiger partial charge in [-0.25, -0.2) is 4.79 Å². The molecular weight excluding hydrogens is 226 g/mol. The number of benzene rings is 1. The lowest BCUT2D eigenvalue weighted by atomic mass is 10.1. The largest absolute Gasteiger partial charge is 0.478 e. The zero-order chi connectivity index (χ0) is 13.0. The van der Waals surface area contributed by atoms with E-state index in [9.17, 15) is 4.79 Å². The minimum Gasteiger partial charge on any atom is -0.478 e. The molecule has 18 heavy (non-hydrogen) atoms. The van der Waals surface area contributed by atoms with Crippen LogP contribution < -0.4 is 4.90 Å². The van der Waals surface area contributed by atoms with Crippen LogP contribution in [-0.2, 0) is 0 Å². The second kappa shape index (κ2) is 5.89. The highest BCUT2D eigenvalue weighted by molar-refractivity contribution is 5.88. The van der Waals surface area contributed by atoms with Gasteiger partial charge in [-0.1, -0.05) is 25.8 Å². The third kappa shape index (κ3) is 2.84. The van der Waals surface area contributed by atoms with Crippen LogP contribution in [0, 0.1) is 0 Å². The number of aromatic carboxylic acids is 1. The molecule has 0 bridgehead atoms. The van der Waals surface area contributed by atoms with Crippen LogP contribution in [0.3, 0.4) is 0 Å². The van der Waals surface area contributed by atoms with Gasteiger partial charge in [0.25, 0.3) is 0 Å². The quantitative estimate of drug-likeness (QED) is 0.888. The Kier molecular flexibility index (Phi) is 4.24. The molecule has 1 heterocycles. The maximum Gasteiger partial charge on any atom is 0.335 e. The molecule has 0 saturated carbocycles. The summed E-state index contributed by atoms with van der Waals surface area (Å²) in [6, 6.07) is 7.88. The van der Waals surface area contributed by atoms with Gasteiger partial charge in [0, 0.05) is 18.3 Å². The molecule has 3 heteroatoms. The predicted molar refractivity (Wildman–Crippen MR) is 73.3 cm³/mol. The van der Waals surface area contributed by atoms with Gasteiger partial charge in [-0.05, 0) is 37.5 Å². The minimum absolute atomic E-state index is 0.381. The third-order valence-corrected chi connectivity index (χ3v) is 3.77. The van der Waals surface area contributed by atoms with E-state index >= 15 is 0 Å². The van der Waals surface area contributed by atoms with E-state index in [4.69, 9.17) is 5.11 Å². The normalized spacial score (nSPS) is 20.5. The van der Waals surface area contributed by atoms with Crippen molar-refractivity contribution in [1.29, 1.82) is 0 Å². The maximum absolute atomic E-state index is 11.0. The number of anilines is 1. The van der Waals surface area contributed by atoms with E-state index in [1.165, 1.54) is 25.7 Å². The number of rotatable bonds is 3. The first-order valence-corrected chi connectivity index (χ1v) is 6.82. The Bertz CT molecular complexity index is 417. The Morgan fingerprint density at radius 3 is 2.94 bits per heavy atom. The van der Waals surface area contributed by atoms with E-state index in [0.717, 1.165) is 18.7 Å². The molecule has 1 aliphatic heterocycles. The molecule has 1 atom stereocenters. The SMILES string of the molecule is CCC1CCCCCN1c1cccc(C(=O)O)c1. The Hall–Kier alpha value is -1.51. The van der Waals surface area contributed by atoms with Crippen LogP contribution in [-0.4, -0.2) is 23.7 Å². The van der Waals surface area contributed by atoms with Crippen molar-refractivity contribution >= 4 is 11.7 Å². The van der Waals surface area contributed by atoms with E-state index < -0.39 is 5.97 Å². The fraction of sp³-hybridized carbons (Fsp3) is 0.533. The molecule has 98 valence electrons. The standard InChI is InChI=1S/C15H21NO2/c1-2-13-8-4-3-5-10-16(13)14-9-6-7-12(11-14)15(17)18/h6-7,9,11,13H,2-5,8,10H2,1H3,(H,17,18). The van der Waals surface area contributed by atoms with Gasteiger partial charge >= 0.3 is 5.97 Å². The molecule has 1 fully saturated rings. The molecule has 1 saturated heterocycles. The fourth-order valence-electron chi connectivity index (χ4n) is 2.76. The highest BCUT2D eigenvalue weighted by Crippen LogP contribution is 2.26. The zero-order valence-corrected chi connectivity index (χ0v) is 10.9. The van der Waals surface area contributed by atoms with Crippen LogP contribution in [0.15, 0.2) is 24.3 Å². The molecule has 1 unspecified atom stereocenters. The van der Waals surface area contributed by atoms with E-state index in [1.807, 2.05) is 12.1 Å². The van der Waals surface area contributed by atoms with Gasteiger partial charge in [0.2, 0.25) is 0 Å². The number of hydrogen-bond acceptors (Lipinski definition) is 2. The number of hydrogen-bond donors (Lipinski definition) is 1. The Morgan fingerprint density at radius 1 is 1.39 bits per heavy atom. The van der Waals surface area contributed by atoms with Gasteiger partial charge in [-0.15, -0.1) is 0 Å². The predicted octanol–water partition coefficient (Wildman–Crippen LogP) is 3.54. The van der Waals surface area contributed by atoms with Gasteiger partial charge in [0.1, 0.15) is 0 Å². The van der Waals surface area contributed by atoms with E-state index in [2.05, 4.69) is 11.8 Å². The highest BCUT2D eigenvalue weighted by Gasteiger charge is 2.20. The molecule has 0 amide bonds. The summed E-state index contributed by atoms with van der Waals surface area (Å²) in [4.78, 5) is 13.4. The van der Waals surface area contributed by atoms with Crippen molar-refractivity contribution in [2.45, 2.75) is 45.1 Å². The van der Waals surface area contributed by atoms with Crippen molar-refractivity contribution in [3.63, 3.8) is 0 Å². The summed E-state index contributed by atoms with van der Waals surface area (Å²) >= 11 is 0. The summed E-state index contributed by atoms with van der Waals surface area (Å²) in [5.41, 5.74) is 1.44.